The molecule has 1 amide bonds. The van der Waals surface area contributed by atoms with Crippen LogP contribution >= 0.6 is 0 Å². The van der Waals surface area contributed by atoms with E-state index in [1.807, 2.05) is 0 Å². The van der Waals surface area contributed by atoms with Crippen LogP contribution in [0.1, 0.15) is 117 Å². The van der Waals surface area contributed by atoms with E-state index in [2.05, 4.69) is 6.92 Å². The van der Waals surface area contributed by atoms with E-state index in [4.69, 9.17) is 9.47 Å². The summed E-state index contributed by atoms with van der Waals surface area (Å²) < 4.78 is 52.2. The third-order valence-electron chi connectivity index (χ3n) is 7.51. The number of rotatable bonds is 15. The number of likely N-dealkylation sites (tertiary alicyclic amines) is 1. The summed E-state index contributed by atoms with van der Waals surface area (Å²) in [6.07, 6.45) is 9.99. The Hall–Kier alpha value is -1.15. The monoisotopic (exact) mass is 505 g/mol. The maximum atomic E-state index is 13.6. The van der Waals surface area contributed by atoms with Gasteiger partial charge in [-0.05, 0) is 45.4 Å². The van der Waals surface area contributed by atoms with Crippen molar-refractivity contribution in [3.8, 4) is 0 Å². The maximum absolute atomic E-state index is 13.6. The van der Waals surface area contributed by atoms with Crippen molar-refractivity contribution in [2.75, 3.05) is 13.2 Å². The highest BCUT2D eigenvalue weighted by molar-refractivity contribution is 5.85. The molecule has 2 aliphatic rings. The molecule has 0 aromatic heterocycles. The van der Waals surface area contributed by atoms with E-state index < -0.39 is 36.4 Å². The molecular weight excluding hydrogens is 459 g/mol. The van der Waals surface area contributed by atoms with E-state index in [9.17, 15) is 22.8 Å². The zero-order valence-electron chi connectivity index (χ0n) is 21.8. The molecule has 4 atom stereocenters. The Morgan fingerprint density at radius 1 is 0.914 bits per heavy atom. The Bertz CT molecular complexity index is 622. The Balaban J connectivity index is 1.94. The van der Waals surface area contributed by atoms with Crippen LogP contribution in [0.5, 0.6) is 0 Å². The summed E-state index contributed by atoms with van der Waals surface area (Å²) in [7, 11) is 0. The van der Waals surface area contributed by atoms with Gasteiger partial charge in [0.2, 0.25) is 0 Å². The molecule has 204 valence electrons. The normalized spacial score (nSPS) is 25.6. The van der Waals surface area contributed by atoms with Crippen LogP contribution in [-0.2, 0) is 19.1 Å². The number of piperidine rings is 1. The summed E-state index contributed by atoms with van der Waals surface area (Å²) >= 11 is 0. The van der Waals surface area contributed by atoms with E-state index in [0.717, 1.165) is 43.4 Å². The van der Waals surface area contributed by atoms with Gasteiger partial charge in [-0.25, -0.2) is 0 Å². The highest BCUT2D eigenvalue weighted by Crippen LogP contribution is 2.35. The molecule has 2 heterocycles. The van der Waals surface area contributed by atoms with Crippen molar-refractivity contribution in [2.24, 2.45) is 5.92 Å². The second-order valence-corrected chi connectivity index (χ2v) is 10.3. The molecule has 0 bridgehead atoms. The summed E-state index contributed by atoms with van der Waals surface area (Å²) in [6, 6.07) is -1.43. The number of ether oxygens (including phenoxy) is 2. The predicted octanol–water partition coefficient (Wildman–Crippen LogP) is 6.97. The zero-order valence-corrected chi connectivity index (χ0v) is 21.8. The van der Waals surface area contributed by atoms with E-state index in [-0.39, 0.29) is 12.4 Å². The van der Waals surface area contributed by atoms with Crippen molar-refractivity contribution >= 4 is 11.7 Å². The molecule has 2 fully saturated rings. The molecule has 0 saturated carbocycles. The van der Waals surface area contributed by atoms with Gasteiger partial charge in [0.05, 0.1) is 12.6 Å². The highest BCUT2D eigenvalue weighted by atomic mass is 19.4. The molecule has 35 heavy (non-hydrogen) atoms. The number of hydrogen-bond donors (Lipinski definition) is 0. The number of carbonyl (C=O) groups excluding carboxylic acids is 2. The van der Waals surface area contributed by atoms with Gasteiger partial charge in [-0.2, -0.15) is 13.2 Å². The number of amides is 1. The molecule has 2 aliphatic heterocycles. The van der Waals surface area contributed by atoms with Crippen molar-refractivity contribution in [3.05, 3.63) is 0 Å². The minimum Gasteiger partial charge on any atom is -0.353 e. The zero-order chi connectivity index (χ0) is 25.7. The number of alkyl halides is 3. The maximum Gasteiger partial charge on any atom is 0.471 e. The van der Waals surface area contributed by atoms with Crippen LogP contribution in [0.25, 0.3) is 0 Å². The van der Waals surface area contributed by atoms with Crippen LogP contribution in [0.4, 0.5) is 13.2 Å². The molecule has 0 radical (unpaired) electrons. The van der Waals surface area contributed by atoms with Gasteiger partial charge in [-0.3, -0.25) is 9.59 Å². The second kappa shape index (κ2) is 15.9. The van der Waals surface area contributed by atoms with Crippen molar-refractivity contribution in [1.29, 1.82) is 0 Å². The Morgan fingerprint density at radius 3 is 2.09 bits per heavy atom. The molecule has 8 heteroatoms. The number of unbranched alkanes of at least 4 members (excludes halogenated alkanes) is 9. The van der Waals surface area contributed by atoms with Crippen molar-refractivity contribution in [2.45, 2.75) is 141 Å². The van der Waals surface area contributed by atoms with Crippen molar-refractivity contribution in [3.63, 3.8) is 0 Å². The minimum atomic E-state index is -4.98. The first-order valence-electron chi connectivity index (χ1n) is 13.9. The average Bonchev–Trinajstić information content (AvgIpc) is 2.83. The minimum absolute atomic E-state index is 0.106. The molecule has 0 aromatic carbocycles. The van der Waals surface area contributed by atoms with Gasteiger partial charge >= 0.3 is 12.1 Å². The average molecular weight is 506 g/mol. The van der Waals surface area contributed by atoms with Gasteiger partial charge in [0, 0.05) is 18.6 Å². The van der Waals surface area contributed by atoms with E-state index in [0.29, 0.717) is 32.3 Å². The lowest BCUT2D eigenvalue weighted by molar-refractivity contribution is -0.205. The first kappa shape index (κ1) is 30.1. The third-order valence-corrected chi connectivity index (χ3v) is 7.51. The van der Waals surface area contributed by atoms with Crippen molar-refractivity contribution in [1.82, 2.24) is 4.90 Å². The molecule has 2 saturated heterocycles. The first-order valence-corrected chi connectivity index (χ1v) is 13.9. The lowest BCUT2D eigenvalue weighted by Crippen LogP contribution is -2.60. The lowest BCUT2D eigenvalue weighted by atomic mass is 9.81. The molecule has 5 nitrogen and oxygen atoms in total. The number of carbonyl (C=O) groups is 2. The third kappa shape index (κ3) is 10.4. The van der Waals surface area contributed by atoms with Crippen LogP contribution in [0.2, 0.25) is 0 Å². The van der Waals surface area contributed by atoms with Crippen LogP contribution in [0, 0.1) is 5.92 Å². The second-order valence-electron chi connectivity index (χ2n) is 10.3. The van der Waals surface area contributed by atoms with Gasteiger partial charge in [-0.15, -0.1) is 0 Å². The summed E-state index contributed by atoms with van der Waals surface area (Å²) in [5.41, 5.74) is 0. The molecule has 2 rings (SSSR count). The smallest absolute Gasteiger partial charge is 0.353 e. The quantitative estimate of drug-likeness (QED) is 0.226. The standard InChI is InChI=1S/C27H46F3NO4/c1-3-4-5-6-7-8-9-10-11-12-15-22-17-18-23(21(2)32)24(31(22)26(33)27(28,29)30)20-35-25-16-13-14-19-34-25/h22-25H,3-20H2,1-2H3/t22-,23+,24+,25?/m1/s1. The molecule has 0 N–H and O–H groups in total. The summed E-state index contributed by atoms with van der Waals surface area (Å²) in [6.45, 7) is 4.05. The summed E-state index contributed by atoms with van der Waals surface area (Å²) in [4.78, 5) is 25.8. The van der Waals surface area contributed by atoms with Gasteiger partial charge < -0.3 is 14.4 Å². The van der Waals surface area contributed by atoms with Crippen LogP contribution in [0.3, 0.4) is 0 Å². The number of ketones is 1. The van der Waals surface area contributed by atoms with Crippen LogP contribution < -0.4 is 0 Å². The fraction of sp³-hybridized carbons (Fsp3) is 0.926. The van der Waals surface area contributed by atoms with Gasteiger partial charge in [0.1, 0.15) is 5.78 Å². The van der Waals surface area contributed by atoms with Gasteiger partial charge in [0.15, 0.2) is 6.29 Å². The van der Waals surface area contributed by atoms with Crippen molar-refractivity contribution < 1.29 is 32.2 Å². The topological polar surface area (TPSA) is 55.8 Å². The fourth-order valence-corrected chi connectivity index (χ4v) is 5.50. The number of hydrogen-bond acceptors (Lipinski definition) is 4. The van der Waals surface area contributed by atoms with Gasteiger partial charge in [-0.1, -0.05) is 71.1 Å². The summed E-state index contributed by atoms with van der Waals surface area (Å²) in [5, 5.41) is 0. The molecule has 0 spiro atoms. The van der Waals surface area contributed by atoms with E-state index in [1.165, 1.54) is 45.4 Å². The Kier molecular flexibility index (Phi) is 13.6. The molecular formula is C27H46F3NO4. The van der Waals surface area contributed by atoms with E-state index in [1.54, 1.807) is 0 Å². The highest BCUT2D eigenvalue weighted by Gasteiger charge is 2.51. The predicted molar refractivity (Wildman–Crippen MR) is 130 cm³/mol. The van der Waals surface area contributed by atoms with Crippen LogP contribution in [-0.4, -0.2) is 54.4 Å². The van der Waals surface area contributed by atoms with Crippen LogP contribution in [0.15, 0.2) is 0 Å². The number of Topliss-reactive ketones (excluding diaryl/α,β-unsaturated/α-hetero) is 1. The fourth-order valence-electron chi connectivity index (χ4n) is 5.50. The molecule has 0 aliphatic carbocycles. The molecule has 0 aromatic rings. The van der Waals surface area contributed by atoms with E-state index >= 15 is 0 Å². The Morgan fingerprint density at radius 2 is 1.54 bits per heavy atom. The summed E-state index contributed by atoms with van der Waals surface area (Å²) in [5.74, 6) is -2.69. The largest absolute Gasteiger partial charge is 0.471 e. The number of nitrogens with zero attached hydrogens (tertiary/aromatic N) is 1. The van der Waals surface area contributed by atoms with Gasteiger partial charge in [0.25, 0.3) is 0 Å². The SMILES string of the molecule is CCCCCCCCCCCC[C@@H]1CC[C@@H](C(C)=O)[C@H](COC2CCCCO2)N1C(=O)C(F)(F)F. The Labute approximate surface area is 209 Å². The lowest BCUT2D eigenvalue weighted by Gasteiger charge is -2.46. The number of halogens is 3. The first-order chi connectivity index (χ1) is 16.8. The molecule has 1 unspecified atom stereocenters.